The summed E-state index contributed by atoms with van der Waals surface area (Å²) in [7, 11) is 2.15. The number of nitrogens with two attached hydrogens (primary N) is 1. The Kier molecular flexibility index (Phi) is 4.85. The molecule has 0 amide bonds. The number of rotatable bonds is 4. The van der Waals surface area contributed by atoms with Gasteiger partial charge in [0.15, 0.2) is 0 Å². The van der Waals surface area contributed by atoms with Crippen molar-refractivity contribution in [1.29, 1.82) is 0 Å². The van der Waals surface area contributed by atoms with Crippen molar-refractivity contribution in [2.24, 2.45) is 5.73 Å². The zero-order valence-electron chi connectivity index (χ0n) is 11.7. The lowest BCUT2D eigenvalue weighted by Gasteiger charge is -2.38. The molecule has 0 spiro atoms. The second kappa shape index (κ2) is 6.41. The molecule has 0 aliphatic carbocycles. The molecule has 2 atom stereocenters. The normalized spacial score (nSPS) is 23.5. The van der Waals surface area contributed by atoms with Crippen LogP contribution in [0, 0.1) is 5.82 Å². The second-order valence-electron chi connectivity index (χ2n) is 5.44. The van der Waals surface area contributed by atoms with Gasteiger partial charge in [0.1, 0.15) is 5.82 Å². The molecule has 2 N–H and O–H groups in total. The molecule has 0 saturated carbocycles. The van der Waals surface area contributed by atoms with E-state index in [1.807, 2.05) is 0 Å². The third-order valence-electron chi connectivity index (χ3n) is 3.83. The Morgan fingerprint density at radius 3 is 2.89 bits per heavy atom. The van der Waals surface area contributed by atoms with Crippen LogP contribution in [-0.4, -0.2) is 54.1 Å². The number of halogens is 1. The van der Waals surface area contributed by atoms with Crippen molar-refractivity contribution in [2.45, 2.75) is 25.4 Å². The van der Waals surface area contributed by atoms with E-state index in [1.165, 1.54) is 12.3 Å². The Bertz CT molecular complexity index is 395. The number of hydrogen-bond acceptors (Lipinski definition) is 4. The summed E-state index contributed by atoms with van der Waals surface area (Å²) in [5.41, 5.74) is 6.88. The molecule has 2 heterocycles. The Morgan fingerprint density at radius 2 is 2.26 bits per heavy atom. The Balaban J connectivity index is 1.83. The number of likely N-dealkylation sites (N-methyl/N-ethyl adjacent to an activating group) is 1. The van der Waals surface area contributed by atoms with Crippen LogP contribution in [0.15, 0.2) is 18.3 Å². The summed E-state index contributed by atoms with van der Waals surface area (Å²) in [5.74, 6) is -0.316. The molecule has 19 heavy (non-hydrogen) atoms. The molecule has 0 bridgehead atoms. The number of aromatic nitrogens is 1. The minimum atomic E-state index is -0.316. The molecule has 2 rings (SSSR count). The molecule has 0 aromatic carbocycles. The maximum atomic E-state index is 12.8. The first kappa shape index (κ1) is 14.4. The van der Waals surface area contributed by atoms with Crippen LogP contribution >= 0.6 is 0 Å². The summed E-state index contributed by atoms with van der Waals surface area (Å²) in [6.45, 7) is 6.51. The van der Waals surface area contributed by atoms with Crippen LogP contribution in [0.25, 0.3) is 0 Å². The van der Waals surface area contributed by atoms with Crippen molar-refractivity contribution >= 4 is 0 Å². The third kappa shape index (κ3) is 3.96. The van der Waals surface area contributed by atoms with Gasteiger partial charge >= 0.3 is 0 Å². The van der Waals surface area contributed by atoms with E-state index in [-0.39, 0.29) is 11.9 Å². The van der Waals surface area contributed by atoms with Gasteiger partial charge in [-0.2, -0.15) is 0 Å². The topological polar surface area (TPSA) is 45.4 Å². The molecule has 5 heteroatoms. The Labute approximate surface area is 114 Å². The first-order valence-electron chi connectivity index (χ1n) is 6.86. The van der Waals surface area contributed by atoms with E-state index in [0.717, 1.165) is 38.3 Å². The quantitative estimate of drug-likeness (QED) is 0.891. The lowest BCUT2D eigenvalue weighted by Crippen LogP contribution is -2.50. The largest absolute Gasteiger partial charge is 0.323 e. The molecule has 1 aromatic rings. The maximum absolute atomic E-state index is 12.8. The lowest BCUT2D eigenvalue weighted by atomic mass is 10.1. The predicted octanol–water partition coefficient (Wildman–Crippen LogP) is 1.25. The van der Waals surface area contributed by atoms with Crippen molar-refractivity contribution in [3.63, 3.8) is 0 Å². The van der Waals surface area contributed by atoms with Gasteiger partial charge in [-0.25, -0.2) is 4.39 Å². The standard InChI is InChI=1S/C14H23FN4/c1-11-10-18(2)7-8-19(11)6-5-13(16)14-4-3-12(15)9-17-14/h3-4,9,11,13H,5-8,10,16H2,1-2H3. The van der Waals surface area contributed by atoms with E-state index >= 15 is 0 Å². The average Bonchev–Trinajstić information content (AvgIpc) is 2.38. The molecule has 0 radical (unpaired) electrons. The Morgan fingerprint density at radius 1 is 1.47 bits per heavy atom. The smallest absolute Gasteiger partial charge is 0.141 e. The number of hydrogen-bond donors (Lipinski definition) is 1. The first-order valence-corrected chi connectivity index (χ1v) is 6.86. The second-order valence-corrected chi connectivity index (χ2v) is 5.44. The van der Waals surface area contributed by atoms with Crippen LogP contribution in [-0.2, 0) is 0 Å². The molecule has 1 aliphatic rings. The molecular formula is C14H23FN4. The molecule has 1 fully saturated rings. The maximum Gasteiger partial charge on any atom is 0.141 e. The molecule has 1 saturated heterocycles. The minimum absolute atomic E-state index is 0.118. The van der Waals surface area contributed by atoms with Crippen molar-refractivity contribution in [3.8, 4) is 0 Å². The highest BCUT2D eigenvalue weighted by atomic mass is 19.1. The SMILES string of the molecule is CC1CN(C)CCN1CCC(N)c1ccc(F)cn1. The summed E-state index contributed by atoms with van der Waals surface area (Å²) in [6.07, 6.45) is 2.08. The summed E-state index contributed by atoms with van der Waals surface area (Å²) >= 11 is 0. The van der Waals surface area contributed by atoms with Gasteiger partial charge in [-0.05, 0) is 32.5 Å². The van der Waals surface area contributed by atoms with E-state index in [9.17, 15) is 4.39 Å². The van der Waals surface area contributed by atoms with Crippen LogP contribution in [0.5, 0.6) is 0 Å². The van der Waals surface area contributed by atoms with Gasteiger partial charge in [-0.1, -0.05) is 0 Å². The molecule has 106 valence electrons. The van der Waals surface area contributed by atoms with Crippen molar-refractivity contribution in [1.82, 2.24) is 14.8 Å². The van der Waals surface area contributed by atoms with Crippen LogP contribution in [0.1, 0.15) is 25.1 Å². The highest BCUT2D eigenvalue weighted by molar-refractivity contribution is 5.09. The van der Waals surface area contributed by atoms with Crippen molar-refractivity contribution in [2.75, 3.05) is 33.2 Å². The zero-order chi connectivity index (χ0) is 13.8. The van der Waals surface area contributed by atoms with Crippen LogP contribution < -0.4 is 5.73 Å². The fourth-order valence-corrected chi connectivity index (χ4v) is 2.57. The minimum Gasteiger partial charge on any atom is -0.323 e. The highest BCUT2D eigenvalue weighted by Gasteiger charge is 2.21. The van der Waals surface area contributed by atoms with Gasteiger partial charge in [0.25, 0.3) is 0 Å². The van der Waals surface area contributed by atoms with E-state index in [2.05, 4.69) is 28.8 Å². The van der Waals surface area contributed by atoms with Crippen LogP contribution in [0.3, 0.4) is 0 Å². The van der Waals surface area contributed by atoms with Crippen LogP contribution in [0.2, 0.25) is 0 Å². The van der Waals surface area contributed by atoms with Gasteiger partial charge < -0.3 is 10.6 Å². The monoisotopic (exact) mass is 266 g/mol. The van der Waals surface area contributed by atoms with E-state index in [0.29, 0.717) is 6.04 Å². The van der Waals surface area contributed by atoms with E-state index < -0.39 is 0 Å². The third-order valence-corrected chi connectivity index (χ3v) is 3.83. The summed E-state index contributed by atoms with van der Waals surface area (Å²) < 4.78 is 12.8. The summed E-state index contributed by atoms with van der Waals surface area (Å²) in [6, 6.07) is 3.54. The van der Waals surface area contributed by atoms with E-state index in [1.54, 1.807) is 6.07 Å². The molecule has 1 aliphatic heterocycles. The zero-order valence-corrected chi connectivity index (χ0v) is 11.7. The summed E-state index contributed by atoms with van der Waals surface area (Å²) in [4.78, 5) is 8.86. The van der Waals surface area contributed by atoms with Gasteiger partial charge in [0.05, 0.1) is 11.9 Å². The van der Waals surface area contributed by atoms with Crippen molar-refractivity contribution < 1.29 is 4.39 Å². The molecule has 1 aromatic heterocycles. The van der Waals surface area contributed by atoms with Crippen molar-refractivity contribution in [3.05, 3.63) is 29.8 Å². The predicted molar refractivity (Wildman–Crippen MR) is 74.3 cm³/mol. The van der Waals surface area contributed by atoms with E-state index in [4.69, 9.17) is 5.73 Å². The van der Waals surface area contributed by atoms with Crippen LogP contribution in [0.4, 0.5) is 4.39 Å². The van der Waals surface area contributed by atoms with Gasteiger partial charge in [-0.3, -0.25) is 9.88 Å². The molecule has 4 nitrogen and oxygen atoms in total. The fourth-order valence-electron chi connectivity index (χ4n) is 2.57. The van der Waals surface area contributed by atoms with Gasteiger partial charge in [0, 0.05) is 38.3 Å². The molecular weight excluding hydrogens is 243 g/mol. The first-order chi connectivity index (χ1) is 9.06. The van der Waals surface area contributed by atoms with Gasteiger partial charge in [0.2, 0.25) is 0 Å². The number of pyridine rings is 1. The lowest BCUT2D eigenvalue weighted by molar-refractivity contribution is 0.0972. The summed E-state index contributed by atoms with van der Waals surface area (Å²) in [5, 5.41) is 0. The number of piperazine rings is 1. The number of nitrogens with zero attached hydrogens (tertiary/aromatic N) is 3. The highest BCUT2D eigenvalue weighted by Crippen LogP contribution is 2.15. The molecule has 2 unspecified atom stereocenters. The average molecular weight is 266 g/mol. The Hall–Kier alpha value is -1.04. The van der Waals surface area contributed by atoms with Gasteiger partial charge in [-0.15, -0.1) is 0 Å². The fraction of sp³-hybridized carbons (Fsp3) is 0.643.